The average molecular weight is 403 g/mol. The molecule has 154 valence electrons. The molecule has 0 atom stereocenters. The van der Waals surface area contributed by atoms with E-state index in [1.54, 1.807) is 4.90 Å². The number of rotatable bonds is 4. The van der Waals surface area contributed by atoms with E-state index in [4.69, 9.17) is 0 Å². The molecule has 0 bridgehead atoms. The summed E-state index contributed by atoms with van der Waals surface area (Å²) in [5, 5.41) is 8.53. The Kier molecular flexibility index (Phi) is 5.35. The standard InChI is InChI=1S/C23H25N5O2/c1-23(2,18-9-5-3-6-10-18)22(30)27-15-13-26(14-16-27)21(29)20-17-24-28(25-20)19-11-7-4-8-12-19/h3-12,17H,13-16H2,1-2H3. The average Bonchev–Trinajstić information content (AvgIpc) is 3.30. The zero-order chi connectivity index (χ0) is 21.1. The van der Waals surface area contributed by atoms with E-state index in [2.05, 4.69) is 10.2 Å². The van der Waals surface area contributed by atoms with Crippen LogP contribution >= 0.6 is 0 Å². The number of hydrogen-bond donors (Lipinski definition) is 0. The van der Waals surface area contributed by atoms with E-state index in [9.17, 15) is 9.59 Å². The second-order valence-electron chi connectivity index (χ2n) is 7.93. The van der Waals surface area contributed by atoms with Crippen LogP contribution in [0.2, 0.25) is 0 Å². The van der Waals surface area contributed by atoms with Gasteiger partial charge in [0.1, 0.15) is 0 Å². The summed E-state index contributed by atoms with van der Waals surface area (Å²) in [4.78, 5) is 31.0. The van der Waals surface area contributed by atoms with Crippen molar-refractivity contribution in [3.05, 3.63) is 78.1 Å². The normalized spacial score (nSPS) is 14.6. The van der Waals surface area contributed by atoms with Gasteiger partial charge in [0.2, 0.25) is 5.91 Å². The fraction of sp³-hybridized carbons (Fsp3) is 0.304. The van der Waals surface area contributed by atoms with Gasteiger partial charge in [-0.05, 0) is 31.5 Å². The summed E-state index contributed by atoms with van der Waals surface area (Å²) in [6.45, 7) is 5.87. The number of piperazine rings is 1. The summed E-state index contributed by atoms with van der Waals surface area (Å²) in [5.74, 6) is -0.0811. The van der Waals surface area contributed by atoms with Gasteiger partial charge in [-0.1, -0.05) is 48.5 Å². The highest BCUT2D eigenvalue weighted by molar-refractivity contribution is 5.92. The summed E-state index contributed by atoms with van der Waals surface area (Å²) in [6, 6.07) is 19.3. The number of amides is 2. The lowest BCUT2D eigenvalue weighted by atomic mass is 9.83. The molecule has 1 saturated heterocycles. The van der Waals surface area contributed by atoms with Crippen molar-refractivity contribution in [3.63, 3.8) is 0 Å². The minimum absolute atomic E-state index is 0.0795. The summed E-state index contributed by atoms with van der Waals surface area (Å²) in [5.41, 5.74) is 1.50. The van der Waals surface area contributed by atoms with Gasteiger partial charge in [0, 0.05) is 26.2 Å². The van der Waals surface area contributed by atoms with Crippen LogP contribution < -0.4 is 0 Å². The predicted molar refractivity (Wildman–Crippen MR) is 113 cm³/mol. The van der Waals surface area contributed by atoms with Crippen LogP contribution in [0.25, 0.3) is 5.69 Å². The van der Waals surface area contributed by atoms with E-state index in [1.807, 2.05) is 79.4 Å². The highest BCUT2D eigenvalue weighted by Crippen LogP contribution is 2.26. The fourth-order valence-electron chi connectivity index (χ4n) is 3.69. The van der Waals surface area contributed by atoms with Gasteiger partial charge < -0.3 is 9.80 Å². The monoisotopic (exact) mass is 403 g/mol. The summed E-state index contributed by atoms with van der Waals surface area (Å²) >= 11 is 0. The maximum absolute atomic E-state index is 13.1. The van der Waals surface area contributed by atoms with Crippen LogP contribution in [0.15, 0.2) is 66.9 Å². The molecule has 0 unspecified atom stereocenters. The van der Waals surface area contributed by atoms with E-state index in [0.717, 1.165) is 11.3 Å². The van der Waals surface area contributed by atoms with Crippen LogP contribution in [0.3, 0.4) is 0 Å². The highest BCUT2D eigenvalue weighted by Gasteiger charge is 2.36. The molecule has 2 aromatic carbocycles. The van der Waals surface area contributed by atoms with E-state index in [1.165, 1.54) is 11.0 Å². The first kappa shape index (κ1) is 19.8. The van der Waals surface area contributed by atoms with Crippen LogP contribution in [-0.4, -0.2) is 62.8 Å². The zero-order valence-electron chi connectivity index (χ0n) is 17.2. The Morgan fingerprint density at radius 1 is 0.833 bits per heavy atom. The number of para-hydroxylation sites is 1. The van der Waals surface area contributed by atoms with E-state index >= 15 is 0 Å². The first-order valence-electron chi connectivity index (χ1n) is 10.1. The van der Waals surface area contributed by atoms with Crippen LogP contribution in [0.1, 0.15) is 29.9 Å². The summed E-state index contributed by atoms with van der Waals surface area (Å²) in [7, 11) is 0. The third-order valence-corrected chi connectivity index (χ3v) is 5.58. The number of carbonyl (C=O) groups is 2. The van der Waals surface area contributed by atoms with Crippen molar-refractivity contribution < 1.29 is 9.59 Å². The third-order valence-electron chi connectivity index (χ3n) is 5.58. The molecule has 1 fully saturated rings. The second-order valence-corrected chi connectivity index (χ2v) is 7.93. The largest absolute Gasteiger partial charge is 0.338 e. The van der Waals surface area contributed by atoms with E-state index in [0.29, 0.717) is 31.9 Å². The Morgan fingerprint density at radius 3 is 2.03 bits per heavy atom. The van der Waals surface area contributed by atoms with E-state index in [-0.39, 0.29) is 11.8 Å². The second kappa shape index (κ2) is 8.10. The number of hydrogen-bond acceptors (Lipinski definition) is 4. The van der Waals surface area contributed by atoms with Gasteiger partial charge in [0.15, 0.2) is 5.69 Å². The van der Waals surface area contributed by atoms with Gasteiger partial charge in [-0.3, -0.25) is 9.59 Å². The van der Waals surface area contributed by atoms with Crippen molar-refractivity contribution >= 4 is 11.8 Å². The Bertz CT molecular complexity index is 1020. The lowest BCUT2D eigenvalue weighted by Gasteiger charge is -2.38. The molecule has 1 aromatic heterocycles. The molecular formula is C23H25N5O2. The van der Waals surface area contributed by atoms with Crippen molar-refractivity contribution in [2.75, 3.05) is 26.2 Å². The van der Waals surface area contributed by atoms with Crippen molar-refractivity contribution in [1.29, 1.82) is 0 Å². The maximum atomic E-state index is 13.1. The molecule has 1 aliphatic rings. The number of nitrogens with zero attached hydrogens (tertiary/aromatic N) is 5. The minimum atomic E-state index is -0.605. The van der Waals surface area contributed by atoms with Gasteiger partial charge in [0.05, 0.1) is 17.3 Å². The number of benzene rings is 2. The van der Waals surface area contributed by atoms with Crippen molar-refractivity contribution in [2.45, 2.75) is 19.3 Å². The third kappa shape index (κ3) is 3.83. The molecule has 4 rings (SSSR count). The summed E-state index contributed by atoms with van der Waals surface area (Å²) < 4.78 is 0. The smallest absolute Gasteiger partial charge is 0.276 e. The summed E-state index contributed by atoms with van der Waals surface area (Å²) in [6.07, 6.45) is 1.49. The molecule has 1 aliphatic heterocycles. The lowest BCUT2D eigenvalue weighted by Crippen LogP contribution is -2.54. The molecule has 30 heavy (non-hydrogen) atoms. The van der Waals surface area contributed by atoms with Gasteiger partial charge >= 0.3 is 0 Å². The molecule has 0 saturated carbocycles. The SMILES string of the molecule is CC(C)(C(=O)N1CCN(C(=O)c2cnn(-c3ccccc3)n2)CC1)c1ccccc1. The Labute approximate surface area is 175 Å². The van der Waals surface area contributed by atoms with E-state index < -0.39 is 5.41 Å². The molecule has 0 spiro atoms. The number of aromatic nitrogens is 3. The van der Waals surface area contributed by atoms with Gasteiger partial charge in [-0.25, -0.2) is 0 Å². The molecule has 7 heteroatoms. The Morgan fingerprint density at radius 2 is 1.40 bits per heavy atom. The number of carbonyl (C=O) groups excluding carboxylic acids is 2. The molecule has 2 heterocycles. The van der Waals surface area contributed by atoms with Gasteiger partial charge in [-0.2, -0.15) is 9.90 Å². The van der Waals surface area contributed by atoms with Crippen molar-refractivity contribution in [3.8, 4) is 5.69 Å². The quantitative estimate of drug-likeness (QED) is 0.671. The molecule has 0 aliphatic carbocycles. The van der Waals surface area contributed by atoms with Gasteiger partial charge in [0.25, 0.3) is 5.91 Å². The minimum Gasteiger partial charge on any atom is -0.338 e. The van der Waals surface area contributed by atoms with Crippen LogP contribution in [0.5, 0.6) is 0 Å². The van der Waals surface area contributed by atoms with Crippen LogP contribution in [-0.2, 0) is 10.2 Å². The molecule has 7 nitrogen and oxygen atoms in total. The first-order valence-corrected chi connectivity index (χ1v) is 10.1. The molecule has 0 radical (unpaired) electrons. The lowest BCUT2D eigenvalue weighted by molar-refractivity contribution is -0.137. The Hall–Kier alpha value is -3.48. The zero-order valence-corrected chi connectivity index (χ0v) is 17.2. The first-order chi connectivity index (χ1) is 14.5. The molecular weight excluding hydrogens is 378 g/mol. The van der Waals surface area contributed by atoms with Crippen molar-refractivity contribution in [2.24, 2.45) is 0 Å². The molecule has 2 amide bonds. The van der Waals surface area contributed by atoms with Crippen LogP contribution in [0.4, 0.5) is 0 Å². The maximum Gasteiger partial charge on any atom is 0.276 e. The van der Waals surface area contributed by atoms with Crippen LogP contribution in [0, 0.1) is 0 Å². The topological polar surface area (TPSA) is 71.3 Å². The Balaban J connectivity index is 1.39. The molecule has 0 N–H and O–H groups in total. The highest BCUT2D eigenvalue weighted by atomic mass is 16.2. The van der Waals surface area contributed by atoms with Gasteiger partial charge in [-0.15, -0.1) is 5.10 Å². The molecule has 3 aromatic rings. The fourth-order valence-corrected chi connectivity index (χ4v) is 3.69. The van der Waals surface area contributed by atoms with Crippen molar-refractivity contribution in [1.82, 2.24) is 24.8 Å². The predicted octanol–water partition coefficient (Wildman–Crippen LogP) is 2.53.